The fraction of sp³-hybridized carbons (Fsp3) is 0. The molecule has 20 heavy (non-hydrogen) atoms. The summed E-state index contributed by atoms with van der Waals surface area (Å²) in [6.07, 6.45) is 0. The molecule has 0 amide bonds. The van der Waals surface area contributed by atoms with Crippen LogP contribution in [0.2, 0.25) is 0 Å². The Bertz CT molecular complexity index is 735. The first-order valence-electron chi connectivity index (χ1n) is 6.13. The van der Waals surface area contributed by atoms with Gasteiger partial charge in [-0.05, 0) is 12.1 Å². The van der Waals surface area contributed by atoms with E-state index in [1.54, 1.807) is 24.3 Å². The molecule has 3 rings (SSSR count). The largest absolute Gasteiger partial charge is 0.382 e. The summed E-state index contributed by atoms with van der Waals surface area (Å²) in [4.78, 5) is 12.3. The molecule has 2 aromatic carbocycles. The number of hydrogen-bond donors (Lipinski definition) is 1. The standard InChI is InChI=1S/C15H12N4O/c16-15-13(14(20)11-7-3-1-4-8-11)17-18-19(15)12-9-5-2-6-10-12/h1-10H,16H2. The Morgan fingerprint density at radius 1 is 0.950 bits per heavy atom. The number of rotatable bonds is 3. The van der Waals surface area contributed by atoms with Gasteiger partial charge < -0.3 is 5.73 Å². The molecule has 0 aliphatic heterocycles. The highest BCUT2D eigenvalue weighted by molar-refractivity contribution is 6.10. The predicted octanol–water partition coefficient (Wildman–Crippen LogP) is 2.08. The molecule has 0 radical (unpaired) electrons. The van der Waals surface area contributed by atoms with E-state index in [9.17, 15) is 4.79 Å². The summed E-state index contributed by atoms with van der Waals surface area (Å²) in [5.41, 5.74) is 7.47. The maximum Gasteiger partial charge on any atom is 0.217 e. The van der Waals surface area contributed by atoms with Gasteiger partial charge in [-0.3, -0.25) is 4.79 Å². The first-order chi connectivity index (χ1) is 9.77. The van der Waals surface area contributed by atoms with Gasteiger partial charge in [-0.15, -0.1) is 5.10 Å². The van der Waals surface area contributed by atoms with Gasteiger partial charge in [0, 0.05) is 5.56 Å². The van der Waals surface area contributed by atoms with E-state index in [4.69, 9.17) is 5.73 Å². The van der Waals surface area contributed by atoms with Gasteiger partial charge in [0.15, 0.2) is 11.5 Å². The van der Waals surface area contributed by atoms with E-state index in [1.807, 2.05) is 36.4 Å². The van der Waals surface area contributed by atoms with Crippen molar-refractivity contribution < 1.29 is 4.79 Å². The van der Waals surface area contributed by atoms with Gasteiger partial charge in [-0.25, -0.2) is 0 Å². The highest BCUT2D eigenvalue weighted by Gasteiger charge is 2.19. The molecule has 0 atom stereocenters. The van der Waals surface area contributed by atoms with Crippen molar-refractivity contribution in [3.05, 3.63) is 71.9 Å². The molecule has 0 saturated carbocycles. The van der Waals surface area contributed by atoms with Crippen molar-refractivity contribution in [2.24, 2.45) is 0 Å². The minimum atomic E-state index is -0.231. The lowest BCUT2D eigenvalue weighted by atomic mass is 10.1. The van der Waals surface area contributed by atoms with Gasteiger partial charge in [0.2, 0.25) is 5.78 Å². The first kappa shape index (κ1) is 12.1. The normalized spacial score (nSPS) is 10.4. The zero-order valence-electron chi connectivity index (χ0n) is 10.6. The predicted molar refractivity (Wildman–Crippen MR) is 75.6 cm³/mol. The highest BCUT2D eigenvalue weighted by atomic mass is 16.1. The molecule has 0 fully saturated rings. The van der Waals surface area contributed by atoms with Crippen LogP contribution in [0.1, 0.15) is 16.1 Å². The van der Waals surface area contributed by atoms with Crippen molar-refractivity contribution in [1.29, 1.82) is 0 Å². The van der Waals surface area contributed by atoms with E-state index in [2.05, 4.69) is 10.3 Å². The number of carbonyl (C=O) groups is 1. The highest BCUT2D eigenvalue weighted by Crippen LogP contribution is 2.17. The van der Waals surface area contributed by atoms with E-state index in [0.29, 0.717) is 5.56 Å². The van der Waals surface area contributed by atoms with Crippen LogP contribution >= 0.6 is 0 Å². The second kappa shape index (κ2) is 4.97. The number of nitrogens with zero attached hydrogens (tertiary/aromatic N) is 3. The zero-order chi connectivity index (χ0) is 13.9. The van der Waals surface area contributed by atoms with Gasteiger partial charge in [0.25, 0.3) is 0 Å². The van der Waals surface area contributed by atoms with Crippen LogP contribution in [0.3, 0.4) is 0 Å². The lowest BCUT2D eigenvalue weighted by Gasteiger charge is -2.02. The van der Waals surface area contributed by atoms with Crippen LogP contribution in [-0.4, -0.2) is 20.8 Å². The fourth-order valence-corrected chi connectivity index (χ4v) is 1.94. The summed E-state index contributed by atoms with van der Waals surface area (Å²) in [5, 5.41) is 7.86. The maximum atomic E-state index is 12.3. The number of aromatic nitrogens is 3. The lowest BCUT2D eigenvalue weighted by Crippen LogP contribution is -2.07. The van der Waals surface area contributed by atoms with Crippen molar-refractivity contribution in [1.82, 2.24) is 15.0 Å². The molecule has 0 spiro atoms. The second-order valence-corrected chi connectivity index (χ2v) is 4.27. The summed E-state index contributed by atoms with van der Waals surface area (Å²) in [6, 6.07) is 18.2. The number of nitrogen functional groups attached to an aromatic ring is 1. The number of benzene rings is 2. The zero-order valence-corrected chi connectivity index (χ0v) is 10.6. The molecular weight excluding hydrogens is 252 g/mol. The molecule has 0 unspecified atom stereocenters. The Hall–Kier alpha value is -2.95. The van der Waals surface area contributed by atoms with Crippen LogP contribution in [-0.2, 0) is 0 Å². The Kier molecular flexibility index (Phi) is 3.01. The number of para-hydroxylation sites is 1. The number of anilines is 1. The van der Waals surface area contributed by atoms with Crippen LogP contribution in [0.15, 0.2) is 60.7 Å². The van der Waals surface area contributed by atoms with Gasteiger partial charge in [0.1, 0.15) is 0 Å². The van der Waals surface area contributed by atoms with Crippen molar-refractivity contribution in [3.8, 4) is 5.69 Å². The fourth-order valence-electron chi connectivity index (χ4n) is 1.94. The summed E-state index contributed by atoms with van der Waals surface area (Å²) >= 11 is 0. The average molecular weight is 264 g/mol. The monoisotopic (exact) mass is 264 g/mol. The molecule has 0 aliphatic rings. The van der Waals surface area contributed by atoms with Crippen LogP contribution in [0.5, 0.6) is 0 Å². The molecule has 3 aromatic rings. The van der Waals surface area contributed by atoms with E-state index in [1.165, 1.54) is 4.68 Å². The number of ketones is 1. The Morgan fingerprint density at radius 3 is 2.20 bits per heavy atom. The van der Waals surface area contributed by atoms with Crippen LogP contribution < -0.4 is 5.73 Å². The minimum absolute atomic E-state index is 0.167. The quantitative estimate of drug-likeness (QED) is 0.735. The SMILES string of the molecule is Nc1c(C(=O)c2ccccc2)nnn1-c1ccccc1. The third-order valence-electron chi connectivity index (χ3n) is 2.96. The molecule has 0 bridgehead atoms. The van der Waals surface area contributed by atoms with Crippen molar-refractivity contribution in [2.75, 3.05) is 5.73 Å². The first-order valence-corrected chi connectivity index (χ1v) is 6.13. The van der Waals surface area contributed by atoms with E-state index >= 15 is 0 Å². The van der Waals surface area contributed by atoms with Crippen molar-refractivity contribution in [3.63, 3.8) is 0 Å². The third kappa shape index (κ3) is 2.05. The summed E-state index contributed by atoms with van der Waals surface area (Å²) < 4.78 is 1.45. The molecule has 0 saturated heterocycles. The number of nitrogens with two attached hydrogens (primary N) is 1. The van der Waals surface area contributed by atoms with E-state index in [0.717, 1.165) is 5.69 Å². The smallest absolute Gasteiger partial charge is 0.217 e. The van der Waals surface area contributed by atoms with Crippen molar-refractivity contribution >= 4 is 11.6 Å². The van der Waals surface area contributed by atoms with Crippen LogP contribution in [0, 0.1) is 0 Å². The van der Waals surface area contributed by atoms with Gasteiger partial charge in [0.05, 0.1) is 5.69 Å². The molecule has 98 valence electrons. The van der Waals surface area contributed by atoms with Gasteiger partial charge in [-0.2, -0.15) is 4.68 Å². The van der Waals surface area contributed by atoms with Gasteiger partial charge >= 0.3 is 0 Å². The Labute approximate surface area is 115 Å². The summed E-state index contributed by atoms with van der Waals surface area (Å²) in [6.45, 7) is 0. The molecule has 1 aromatic heterocycles. The van der Waals surface area contributed by atoms with E-state index < -0.39 is 0 Å². The molecule has 5 heteroatoms. The summed E-state index contributed by atoms with van der Waals surface area (Å²) in [5.74, 6) is 0.00957. The molecule has 0 aliphatic carbocycles. The Balaban J connectivity index is 2.01. The lowest BCUT2D eigenvalue weighted by molar-refractivity contribution is 0.103. The summed E-state index contributed by atoms with van der Waals surface area (Å²) in [7, 11) is 0. The number of carbonyl (C=O) groups excluding carboxylic acids is 1. The van der Waals surface area contributed by atoms with Crippen molar-refractivity contribution in [2.45, 2.75) is 0 Å². The maximum absolute atomic E-state index is 12.3. The van der Waals surface area contributed by atoms with Crippen LogP contribution in [0.25, 0.3) is 5.69 Å². The van der Waals surface area contributed by atoms with E-state index in [-0.39, 0.29) is 17.3 Å². The van der Waals surface area contributed by atoms with Crippen LogP contribution in [0.4, 0.5) is 5.82 Å². The number of hydrogen-bond acceptors (Lipinski definition) is 4. The minimum Gasteiger partial charge on any atom is -0.382 e. The molecule has 2 N–H and O–H groups in total. The average Bonchev–Trinajstić information content (AvgIpc) is 2.90. The molecule has 1 heterocycles. The van der Waals surface area contributed by atoms with Gasteiger partial charge in [-0.1, -0.05) is 53.7 Å². The third-order valence-corrected chi connectivity index (χ3v) is 2.96. The molecule has 5 nitrogen and oxygen atoms in total. The Morgan fingerprint density at radius 2 is 1.55 bits per heavy atom. The topological polar surface area (TPSA) is 73.8 Å². The second-order valence-electron chi connectivity index (χ2n) is 4.27. The molecular formula is C15H12N4O.